The molecule has 1 N–H and O–H groups in total. The van der Waals surface area contributed by atoms with E-state index in [4.69, 9.17) is 16.3 Å². The first-order valence-electron chi connectivity index (χ1n) is 5.55. The van der Waals surface area contributed by atoms with Gasteiger partial charge in [-0.3, -0.25) is 0 Å². The Bertz CT molecular complexity index is 296. The van der Waals surface area contributed by atoms with Crippen LogP contribution in [0.3, 0.4) is 0 Å². The molecule has 1 rings (SSSR count). The van der Waals surface area contributed by atoms with Gasteiger partial charge in [-0.2, -0.15) is 0 Å². The lowest BCUT2D eigenvalue weighted by molar-refractivity contribution is 0.160. The van der Waals surface area contributed by atoms with Gasteiger partial charge in [0.2, 0.25) is 0 Å². The lowest BCUT2D eigenvalue weighted by atomic mass is 10.2. The fourth-order valence-corrected chi connectivity index (χ4v) is 1.40. The highest BCUT2D eigenvalue weighted by molar-refractivity contribution is 6.17. The highest BCUT2D eigenvalue weighted by Crippen LogP contribution is 2.05. The van der Waals surface area contributed by atoms with Crippen LogP contribution in [0.25, 0.3) is 0 Å². The molecule has 90 valence electrons. The van der Waals surface area contributed by atoms with Gasteiger partial charge < -0.3 is 10.1 Å². The van der Waals surface area contributed by atoms with Gasteiger partial charge in [0.25, 0.3) is 0 Å². The third-order valence-corrected chi connectivity index (χ3v) is 2.16. The van der Waals surface area contributed by atoms with Crippen molar-refractivity contribution in [3.05, 3.63) is 18.1 Å². The van der Waals surface area contributed by atoms with Gasteiger partial charge in [-0.05, 0) is 6.42 Å². The number of aryl methyl sites for hydroxylation is 1. The molecule has 5 heteroatoms. The zero-order chi connectivity index (χ0) is 11.6. The first-order valence-corrected chi connectivity index (χ1v) is 6.08. The molecule has 0 aromatic carbocycles. The Morgan fingerprint density at radius 2 is 2.25 bits per heavy atom. The number of hydrogen-bond donors (Lipinski definition) is 1. The molecule has 0 aliphatic heterocycles. The number of alkyl halides is 1. The van der Waals surface area contributed by atoms with Gasteiger partial charge in [0, 0.05) is 24.2 Å². The van der Waals surface area contributed by atoms with Gasteiger partial charge in [-0.25, -0.2) is 9.97 Å². The summed E-state index contributed by atoms with van der Waals surface area (Å²) in [6, 6.07) is 1.98. The minimum atomic E-state index is 0.536. The number of halogens is 1. The first-order chi connectivity index (χ1) is 7.86. The number of nitrogens with zero attached hydrogens (tertiary/aromatic N) is 2. The molecule has 0 radical (unpaired) electrons. The molecule has 1 aromatic rings. The van der Waals surface area contributed by atoms with E-state index in [-0.39, 0.29) is 0 Å². The van der Waals surface area contributed by atoms with E-state index in [1.165, 1.54) is 0 Å². The van der Waals surface area contributed by atoms with Crippen molar-refractivity contribution in [1.82, 2.24) is 9.97 Å². The van der Waals surface area contributed by atoms with E-state index >= 15 is 0 Å². The summed E-state index contributed by atoms with van der Waals surface area (Å²) in [7, 11) is 0. The third kappa shape index (κ3) is 5.28. The fourth-order valence-electron chi connectivity index (χ4n) is 1.29. The van der Waals surface area contributed by atoms with E-state index in [1.807, 2.05) is 6.07 Å². The fraction of sp³-hybridized carbons (Fsp3) is 0.636. The monoisotopic (exact) mass is 243 g/mol. The molecule has 0 fully saturated rings. The molecular formula is C11H18ClN3O. The van der Waals surface area contributed by atoms with Crippen LogP contribution >= 0.6 is 11.6 Å². The summed E-state index contributed by atoms with van der Waals surface area (Å²) in [6.45, 7) is 4.10. The van der Waals surface area contributed by atoms with Crippen molar-refractivity contribution in [2.45, 2.75) is 19.8 Å². The van der Waals surface area contributed by atoms with Crippen molar-refractivity contribution in [1.29, 1.82) is 0 Å². The molecule has 0 amide bonds. The maximum atomic E-state index is 5.49. The van der Waals surface area contributed by atoms with Crippen LogP contribution in [0, 0.1) is 0 Å². The number of ether oxygens (including phenoxy) is 1. The number of aromatic nitrogens is 2. The molecule has 0 atom stereocenters. The zero-order valence-corrected chi connectivity index (χ0v) is 10.3. The summed E-state index contributed by atoms with van der Waals surface area (Å²) < 4.78 is 5.24. The minimum absolute atomic E-state index is 0.536. The maximum Gasteiger partial charge on any atom is 0.129 e. The lowest BCUT2D eigenvalue weighted by Gasteiger charge is -2.06. The largest absolute Gasteiger partial charge is 0.378 e. The van der Waals surface area contributed by atoms with E-state index in [2.05, 4.69) is 22.2 Å². The Kier molecular flexibility index (Phi) is 6.85. The van der Waals surface area contributed by atoms with Crippen LogP contribution in [0.4, 0.5) is 5.82 Å². The molecule has 0 bridgehead atoms. The molecule has 4 nitrogen and oxygen atoms in total. The summed E-state index contributed by atoms with van der Waals surface area (Å²) in [5, 5.41) is 3.18. The third-order valence-electron chi connectivity index (χ3n) is 2.00. The molecule has 0 unspecified atom stereocenters. The number of rotatable bonds is 8. The molecule has 0 saturated carbocycles. The quantitative estimate of drug-likeness (QED) is 0.561. The van der Waals surface area contributed by atoms with Gasteiger partial charge >= 0.3 is 0 Å². The van der Waals surface area contributed by atoms with Crippen LogP contribution in [0.1, 0.15) is 19.0 Å². The molecule has 0 spiro atoms. The van der Waals surface area contributed by atoms with Crippen molar-refractivity contribution in [3.8, 4) is 0 Å². The molecule has 1 aromatic heterocycles. The second-order valence-electron chi connectivity index (χ2n) is 3.37. The summed E-state index contributed by atoms with van der Waals surface area (Å²) in [6.07, 6.45) is 3.67. The molecule has 16 heavy (non-hydrogen) atoms. The van der Waals surface area contributed by atoms with E-state index in [1.54, 1.807) is 6.33 Å². The van der Waals surface area contributed by atoms with Crippen LogP contribution in [0.2, 0.25) is 0 Å². The summed E-state index contributed by atoms with van der Waals surface area (Å²) in [5.41, 5.74) is 1.07. The first kappa shape index (κ1) is 13.2. The Hall–Kier alpha value is -0.870. The zero-order valence-electron chi connectivity index (χ0n) is 9.58. The van der Waals surface area contributed by atoms with Crippen molar-refractivity contribution in [2.75, 3.05) is 31.0 Å². The van der Waals surface area contributed by atoms with E-state index in [9.17, 15) is 0 Å². The van der Waals surface area contributed by atoms with Crippen LogP contribution < -0.4 is 5.32 Å². The normalized spacial score (nSPS) is 10.4. The van der Waals surface area contributed by atoms with Crippen LogP contribution in [0.15, 0.2) is 12.4 Å². The summed E-state index contributed by atoms with van der Waals surface area (Å²) in [5.74, 6) is 1.39. The lowest BCUT2D eigenvalue weighted by Crippen LogP contribution is -2.11. The second kappa shape index (κ2) is 8.30. The van der Waals surface area contributed by atoms with E-state index < -0.39 is 0 Å². The number of anilines is 1. The van der Waals surface area contributed by atoms with Crippen LogP contribution in [0.5, 0.6) is 0 Å². The Morgan fingerprint density at radius 3 is 3.00 bits per heavy atom. The Balaban J connectivity index is 2.27. The smallest absolute Gasteiger partial charge is 0.129 e. The average Bonchev–Trinajstić information content (AvgIpc) is 2.30. The van der Waals surface area contributed by atoms with Crippen molar-refractivity contribution in [3.63, 3.8) is 0 Å². The van der Waals surface area contributed by atoms with Gasteiger partial charge in [0.05, 0.1) is 13.2 Å². The van der Waals surface area contributed by atoms with Crippen molar-refractivity contribution < 1.29 is 4.74 Å². The molecule has 0 saturated heterocycles. The van der Waals surface area contributed by atoms with Gasteiger partial charge in [-0.1, -0.05) is 13.3 Å². The molecular weight excluding hydrogens is 226 g/mol. The van der Waals surface area contributed by atoms with Crippen LogP contribution in [-0.2, 0) is 11.2 Å². The summed E-state index contributed by atoms with van der Waals surface area (Å²) >= 11 is 5.49. The predicted molar refractivity (Wildman–Crippen MR) is 66.1 cm³/mol. The maximum absolute atomic E-state index is 5.49. The SMILES string of the molecule is CCCc1cc(NCCOCCCl)ncn1. The standard InChI is InChI=1S/C11H18ClN3O/c1-2-3-10-8-11(15-9-14-10)13-5-7-16-6-4-12/h8-9H,2-7H2,1H3,(H,13,14,15). The number of hydrogen-bond acceptors (Lipinski definition) is 4. The Labute approximate surface area is 101 Å². The van der Waals surface area contributed by atoms with Crippen LogP contribution in [-0.4, -0.2) is 35.6 Å². The predicted octanol–water partition coefficient (Wildman–Crippen LogP) is 2.10. The van der Waals surface area contributed by atoms with Gasteiger partial charge in [0.1, 0.15) is 12.1 Å². The second-order valence-corrected chi connectivity index (χ2v) is 3.75. The topological polar surface area (TPSA) is 47.0 Å². The van der Waals surface area contributed by atoms with Crippen molar-refractivity contribution >= 4 is 17.4 Å². The number of nitrogens with one attached hydrogen (secondary N) is 1. The molecule has 1 heterocycles. The minimum Gasteiger partial charge on any atom is -0.378 e. The van der Waals surface area contributed by atoms with Crippen molar-refractivity contribution in [2.24, 2.45) is 0 Å². The van der Waals surface area contributed by atoms with Gasteiger partial charge in [0.15, 0.2) is 0 Å². The summed E-state index contributed by atoms with van der Waals surface area (Å²) in [4.78, 5) is 8.32. The average molecular weight is 244 g/mol. The molecule has 0 aliphatic rings. The highest BCUT2D eigenvalue weighted by Gasteiger charge is 1.97. The van der Waals surface area contributed by atoms with E-state index in [0.717, 1.165) is 30.9 Å². The van der Waals surface area contributed by atoms with E-state index in [0.29, 0.717) is 19.1 Å². The Morgan fingerprint density at radius 1 is 1.38 bits per heavy atom. The van der Waals surface area contributed by atoms with Gasteiger partial charge in [-0.15, -0.1) is 11.6 Å². The highest BCUT2D eigenvalue weighted by atomic mass is 35.5. The molecule has 0 aliphatic carbocycles.